The SMILES string of the molecule is CC(=O)c1cccc(OC(C)C(=O)N2CCC(C)(CN)C2)c1. The molecule has 1 aromatic carbocycles. The van der Waals surface area contributed by atoms with Crippen LogP contribution in [0.3, 0.4) is 0 Å². The topological polar surface area (TPSA) is 72.6 Å². The molecular formula is C17H24N2O3. The number of hydrogen-bond donors (Lipinski definition) is 1. The molecule has 1 aliphatic rings. The summed E-state index contributed by atoms with van der Waals surface area (Å²) in [6.45, 7) is 7.30. The van der Waals surface area contributed by atoms with Crippen LogP contribution in [0.2, 0.25) is 0 Å². The van der Waals surface area contributed by atoms with E-state index in [-0.39, 0.29) is 17.1 Å². The van der Waals surface area contributed by atoms with Gasteiger partial charge in [0.15, 0.2) is 11.9 Å². The van der Waals surface area contributed by atoms with E-state index in [4.69, 9.17) is 10.5 Å². The van der Waals surface area contributed by atoms with Crippen molar-refractivity contribution in [1.82, 2.24) is 4.90 Å². The van der Waals surface area contributed by atoms with Gasteiger partial charge in [-0.05, 0) is 44.4 Å². The summed E-state index contributed by atoms with van der Waals surface area (Å²) in [6, 6.07) is 6.91. The standard InChI is InChI=1S/C17H24N2O3/c1-12(20)14-5-4-6-15(9-14)22-13(2)16(21)19-8-7-17(3,10-18)11-19/h4-6,9,13H,7-8,10-11,18H2,1-3H3. The molecule has 22 heavy (non-hydrogen) atoms. The number of likely N-dealkylation sites (tertiary alicyclic amines) is 1. The van der Waals surface area contributed by atoms with Gasteiger partial charge in [-0.25, -0.2) is 0 Å². The lowest BCUT2D eigenvalue weighted by molar-refractivity contribution is -0.137. The lowest BCUT2D eigenvalue weighted by atomic mass is 9.90. The highest BCUT2D eigenvalue weighted by atomic mass is 16.5. The van der Waals surface area contributed by atoms with E-state index in [0.29, 0.717) is 30.9 Å². The summed E-state index contributed by atoms with van der Waals surface area (Å²) in [5, 5.41) is 0. The number of ether oxygens (including phenoxy) is 1. The van der Waals surface area contributed by atoms with Gasteiger partial charge >= 0.3 is 0 Å². The Kier molecular flexibility index (Phi) is 4.86. The predicted molar refractivity (Wildman–Crippen MR) is 84.9 cm³/mol. The van der Waals surface area contributed by atoms with Gasteiger partial charge in [-0.3, -0.25) is 9.59 Å². The number of Topliss-reactive ketones (excluding diaryl/α,β-unsaturated/α-hetero) is 1. The van der Waals surface area contributed by atoms with E-state index in [1.165, 1.54) is 6.92 Å². The van der Waals surface area contributed by atoms with E-state index < -0.39 is 6.10 Å². The molecule has 2 unspecified atom stereocenters. The lowest BCUT2D eigenvalue weighted by Crippen LogP contribution is -2.41. The summed E-state index contributed by atoms with van der Waals surface area (Å²) in [5.74, 6) is 0.474. The minimum atomic E-state index is -0.581. The third-order valence-corrected chi connectivity index (χ3v) is 4.26. The fraction of sp³-hybridized carbons (Fsp3) is 0.529. The molecule has 120 valence electrons. The van der Waals surface area contributed by atoms with Gasteiger partial charge in [0.1, 0.15) is 5.75 Å². The fourth-order valence-electron chi connectivity index (χ4n) is 2.68. The molecule has 1 aromatic rings. The summed E-state index contributed by atoms with van der Waals surface area (Å²) in [5.41, 5.74) is 6.36. The second-order valence-electron chi connectivity index (χ2n) is 6.37. The largest absolute Gasteiger partial charge is 0.481 e. The van der Waals surface area contributed by atoms with Crippen molar-refractivity contribution in [1.29, 1.82) is 0 Å². The number of nitrogens with zero attached hydrogens (tertiary/aromatic N) is 1. The normalized spacial score (nSPS) is 22.5. The van der Waals surface area contributed by atoms with Crippen LogP contribution in [0.1, 0.15) is 37.6 Å². The Morgan fingerprint density at radius 1 is 1.45 bits per heavy atom. The van der Waals surface area contributed by atoms with Crippen molar-refractivity contribution in [2.45, 2.75) is 33.3 Å². The van der Waals surface area contributed by atoms with Crippen LogP contribution in [0.4, 0.5) is 0 Å². The molecule has 0 aromatic heterocycles. The smallest absolute Gasteiger partial charge is 0.263 e. The van der Waals surface area contributed by atoms with Crippen molar-refractivity contribution >= 4 is 11.7 Å². The molecule has 5 heteroatoms. The molecule has 1 fully saturated rings. The minimum absolute atomic E-state index is 0.00390. The molecule has 0 saturated carbocycles. The molecule has 1 aliphatic heterocycles. The molecule has 0 aliphatic carbocycles. The van der Waals surface area contributed by atoms with Gasteiger partial charge < -0.3 is 15.4 Å². The Labute approximate surface area is 131 Å². The lowest BCUT2D eigenvalue weighted by Gasteiger charge is -2.25. The minimum Gasteiger partial charge on any atom is -0.481 e. The third-order valence-electron chi connectivity index (χ3n) is 4.26. The van der Waals surface area contributed by atoms with Crippen LogP contribution >= 0.6 is 0 Å². The molecular weight excluding hydrogens is 280 g/mol. The molecule has 2 atom stereocenters. The van der Waals surface area contributed by atoms with Crippen LogP contribution in [0.25, 0.3) is 0 Å². The van der Waals surface area contributed by atoms with Gasteiger partial charge in [0.05, 0.1) is 0 Å². The van der Waals surface area contributed by atoms with E-state index in [1.54, 1.807) is 31.2 Å². The first-order valence-electron chi connectivity index (χ1n) is 7.61. The maximum Gasteiger partial charge on any atom is 0.263 e. The summed E-state index contributed by atoms with van der Waals surface area (Å²) in [4.78, 5) is 25.7. The highest BCUT2D eigenvalue weighted by molar-refractivity contribution is 5.94. The monoisotopic (exact) mass is 304 g/mol. The van der Waals surface area contributed by atoms with Crippen molar-refractivity contribution in [3.05, 3.63) is 29.8 Å². The van der Waals surface area contributed by atoms with E-state index in [1.807, 2.05) is 4.90 Å². The Morgan fingerprint density at radius 2 is 2.18 bits per heavy atom. The Hall–Kier alpha value is -1.88. The van der Waals surface area contributed by atoms with Gasteiger partial charge in [0.25, 0.3) is 5.91 Å². The van der Waals surface area contributed by atoms with E-state index in [9.17, 15) is 9.59 Å². The number of ketones is 1. The van der Waals surface area contributed by atoms with Crippen LogP contribution in [0, 0.1) is 5.41 Å². The summed E-state index contributed by atoms with van der Waals surface area (Å²) >= 11 is 0. The average Bonchev–Trinajstić information content (AvgIpc) is 2.90. The molecule has 1 amide bonds. The summed E-state index contributed by atoms with van der Waals surface area (Å²) < 4.78 is 5.71. The first kappa shape index (κ1) is 16.5. The molecule has 0 radical (unpaired) electrons. The zero-order valence-electron chi connectivity index (χ0n) is 13.5. The van der Waals surface area contributed by atoms with Gasteiger partial charge in [-0.2, -0.15) is 0 Å². The third kappa shape index (κ3) is 3.65. The second-order valence-corrected chi connectivity index (χ2v) is 6.37. The second kappa shape index (κ2) is 6.48. The Morgan fingerprint density at radius 3 is 2.77 bits per heavy atom. The van der Waals surface area contributed by atoms with Crippen molar-refractivity contribution in [2.75, 3.05) is 19.6 Å². The maximum atomic E-state index is 12.5. The first-order valence-corrected chi connectivity index (χ1v) is 7.61. The van der Waals surface area contributed by atoms with E-state index in [0.717, 1.165) is 6.42 Å². The fourth-order valence-corrected chi connectivity index (χ4v) is 2.68. The zero-order valence-corrected chi connectivity index (χ0v) is 13.5. The number of nitrogens with two attached hydrogens (primary N) is 1. The number of benzene rings is 1. The Balaban J connectivity index is 2.00. The molecule has 2 N–H and O–H groups in total. The van der Waals surface area contributed by atoms with Crippen LogP contribution in [-0.2, 0) is 4.79 Å². The molecule has 0 spiro atoms. The quantitative estimate of drug-likeness (QED) is 0.843. The van der Waals surface area contributed by atoms with Crippen LogP contribution < -0.4 is 10.5 Å². The molecule has 2 rings (SSSR count). The van der Waals surface area contributed by atoms with Crippen molar-refractivity contribution in [3.8, 4) is 5.75 Å². The van der Waals surface area contributed by atoms with Gasteiger partial charge in [0, 0.05) is 18.7 Å². The molecule has 5 nitrogen and oxygen atoms in total. The summed E-state index contributed by atoms with van der Waals surface area (Å²) in [7, 11) is 0. The zero-order chi connectivity index (χ0) is 16.3. The average molecular weight is 304 g/mol. The van der Waals surface area contributed by atoms with E-state index in [2.05, 4.69) is 6.92 Å². The summed E-state index contributed by atoms with van der Waals surface area (Å²) in [6.07, 6.45) is 0.337. The van der Waals surface area contributed by atoms with Gasteiger partial charge in [-0.15, -0.1) is 0 Å². The Bertz CT molecular complexity index is 573. The molecule has 0 bridgehead atoms. The van der Waals surface area contributed by atoms with Gasteiger partial charge in [0.2, 0.25) is 0 Å². The van der Waals surface area contributed by atoms with Crippen LogP contribution in [-0.4, -0.2) is 42.3 Å². The predicted octanol–water partition coefficient (Wildman–Crippen LogP) is 1.85. The number of carbonyl (C=O) groups excluding carboxylic acids is 2. The number of hydrogen-bond acceptors (Lipinski definition) is 4. The van der Waals surface area contributed by atoms with E-state index >= 15 is 0 Å². The first-order chi connectivity index (χ1) is 10.3. The van der Waals surface area contributed by atoms with Crippen molar-refractivity contribution < 1.29 is 14.3 Å². The maximum absolute atomic E-state index is 12.5. The van der Waals surface area contributed by atoms with Crippen LogP contribution in [0.15, 0.2) is 24.3 Å². The number of rotatable bonds is 5. The number of carbonyl (C=O) groups is 2. The van der Waals surface area contributed by atoms with Crippen molar-refractivity contribution in [3.63, 3.8) is 0 Å². The molecule has 1 heterocycles. The van der Waals surface area contributed by atoms with Gasteiger partial charge in [-0.1, -0.05) is 19.1 Å². The van der Waals surface area contributed by atoms with Crippen LogP contribution in [0.5, 0.6) is 5.75 Å². The van der Waals surface area contributed by atoms with Crippen molar-refractivity contribution in [2.24, 2.45) is 11.1 Å². The number of amides is 1. The molecule has 1 saturated heterocycles. The highest BCUT2D eigenvalue weighted by Crippen LogP contribution is 2.29. The highest BCUT2D eigenvalue weighted by Gasteiger charge is 2.36.